The maximum Gasteiger partial charge on any atom is 0.258 e. The number of carbonyl (C=O) groups excluding carboxylic acids is 5. The molecule has 0 spiro atoms. The van der Waals surface area contributed by atoms with E-state index in [4.69, 9.17) is 32.7 Å². The van der Waals surface area contributed by atoms with Crippen LogP contribution in [0.5, 0.6) is 17.2 Å². The molecule has 0 bridgehead atoms. The Hall–Kier alpha value is -5.02. The maximum absolute atomic E-state index is 15.3. The lowest BCUT2D eigenvalue weighted by atomic mass is 9.56. The molecule has 4 aliphatic rings. The molecule has 0 aromatic heterocycles. The molecule has 10 nitrogen and oxygen atoms in total. The molecular formula is C36H25Cl2F5N2O8. The standard InChI is InChI=1S/C36H25Cl2F5N2O8/c1-13(46)14-4-6-15(7-5-14)44-31(48)18-9-8-17-19(22(18)32(44)49)12-35(37)33(50)45(30-28(42)26(40)25(39)27(41)29(30)43)34(51)36(35,38)24(17)23-20(47)10-16(52-2)11-21(23)53-3/h4-8,10-11,18-19,22,24,47H,9,12H2,1-3H3/t18-,19+,22-,24+,35+,36-/m0/s1. The van der Waals surface area contributed by atoms with Crippen LogP contribution in [0.15, 0.2) is 48.0 Å². The van der Waals surface area contributed by atoms with E-state index < -0.39 is 104 Å². The van der Waals surface area contributed by atoms with Gasteiger partial charge in [-0.05, 0) is 49.9 Å². The molecule has 2 heterocycles. The number of ether oxygens (including phenoxy) is 2. The Bertz CT molecular complexity index is 2210. The summed E-state index contributed by atoms with van der Waals surface area (Å²) in [7, 11) is 2.44. The number of hydrogen-bond acceptors (Lipinski definition) is 8. The molecule has 7 rings (SSSR count). The van der Waals surface area contributed by atoms with Gasteiger partial charge in [0.1, 0.15) is 22.9 Å². The van der Waals surface area contributed by atoms with Gasteiger partial charge in [0.15, 0.2) is 38.8 Å². The van der Waals surface area contributed by atoms with Gasteiger partial charge in [-0.2, -0.15) is 0 Å². The van der Waals surface area contributed by atoms with Crippen LogP contribution in [0.1, 0.15) is 41.6 Å². The lowest BCUT2D eigenvalue weighted by molar-refractivity contribution is -0.125. The number of nitrogens with zero attached hydrogens (tertiary/aromatic N) is 2. The van der Waals surface area contributed by atoms with E-state index in [-0.39, 0.29) is 45.4 Å². The molecule has 53 heavy (non-hydrogen) atoms. The number of ketones is 1. The Kier molecular flexibility index (Phi) is 8.41. The Labute approximate surface area is 306 Å². The third-order valence-corrected chi connectivity index (χ3v) is 12.0. The van der Waals surface area contributed by atoms with Crippen molar-refractivity contribution in [3.63, 3.8) is 0 Å². The van der Waals surface area contributed by atoms with E-state index in [1.807, 2.05) is 0 Å². The molecule has 3 aromatic carbocycles. The van der Waals surface area contributed by atoms with E-state index in [0.717, 1.165) is 11.0 Å². The van der Waals surface area contributed by atoms with Gasteiger partial charge >= 0.3 is 0 Å². The van der Waals surface area contributed by atoms with E-state index in [0.29, 0.717) is 5.56 Å². The Morgan fingerprint density at radius 2 is 1.43 bits per heavy atom. The van der Waals surface area contributed by atoms with Crippen LogP contribution in [-0.2, 0) is 19.2 Å². The topological polar surface area (TPSA) is 131 Å². The van der Waals surface area contributed by atoms with Crippen LogP contribution in [0.4, 0.5) is 33.3 Å². The minimum Gasteiger partial charge on any atom is -0.507 e. The van der Waals surface area contributed by atoms with Gasteiger partial charge in [0.2, 0.25) is 17.6 Å². The highest BCUT2D eigenvalue weighted by Gasteiger charge is 2.77. The molecule has 2 aliphatic carbocycles. The largest absolute Gasteiger partial charge is 0.507 e. The predicted molar refractivity (Wildman–Crippen MR) is 177 cm³/mol. The Balaban J connectivity index is 1.45. The van der Waals surface area contributed by atoms with Gasteiger partial charge in [0, 0.05) is 29.2 Å². The van der Waals surface area contributed by atoms with Gasteiger partial charge in [-0.15, -0.1) is 23.2 Å². The summed E-state index contributed by atoms with van der Waals surface area (Å²) in [5.74, 6) is -23.7. The van der Waals surface area contributed by atoms with Crippen molar-refractivity contribution in [2.24, 2.45) is 17.8 Å². The zero-order valence-corrected chi connectivity index (χ0v) is 29.1. The minimum absolute atomic E-state index is 0.0498. The lowest BCUT2D eigenvalue weighted by Gasteiger charge is -2.50. The van der Waals surface area contributed by atoms with Crippen molar-refractivity contribution in [1.82, 2.24) is 0 Å². The summed E-state index contributed by atoms with van der Waals surface area (Å²) < 4.78 is 84.5. The molecule has 2 aliphatic heterocycles. The van der Waals surface area contributed by atoms with Crippen molar-refractivity contribution in [2.45, 2.75) is 35.4 Å². The molecule has 3 fully saturated rings. The van der Waals surface area contributed by atoms with Crippen LogP contribution < -0.4 is 19.3 Å². The Morgan fingerprint density at radius 3 is 2.00 bits per heavy atom. The second-order valence-electron chi connectivity index (χ2n) is 13.1. The number of rotatable bonds is 6. The van der Waals surface area contributed by atoms with Gasteiger partial charge in [0.25, 0.3) is 11.8 Å². The fraction of sp³-hybridized carbons (Fsp3) is 0.306. The Morgan fingerprint density at radius 1 is 0.830 bits per heavy atom. The first kappa shape index (κ1) is 36.3. The highest BCUT2D eigenvalue weighted by molar-refractivity contribution is 6.58. The number of imide groups is 2. The number of methoxy groups -OCH3 is 2. The third kappa shape index (κ3) is 4.72. The van der Waals surface area contributed by atoms with Gasteiger partial charge in [-0.1, -0.05) is 11.6 Å². The van der Waals surface area contributed by atoms with Crippen LogP contribution in [0.2, 0.25) is 0 Å². The van der Waals surface area contributed by atoms with E-state index in [2.05, 4.69) is 0 Å². The van der Waals surface area contributed by atoms with Crippen molar-refractivity contribution in [3.8, 4) is 17.2 Å². The molecule has 4 amide bonds. The van der Waals surface area contributed by atoms with Gasteiger partial charge < -0.3 is 14.6 Å². The molecule has 3 aromatic rings. The minimum atomic E-state index is -2.88. The van der Waals surface area contributed by atoms with Crippen molar-refractivity contribution in [3.05, 3.63) is 88.3 Å². The van der Waals surface area contributed by atoms with E-state index in [9.17, 15) is 42.3 Å². The number of carbonyl (C=O) groups is 5. The number of amides is 4. The van der Waals surface area contributed by atoms with Gasteiger partial charge in [0.05, 0.1) is 31.7 Å². The number of benzene rings is 3. The number of Topliss-reactive ketones (excluding diaryl/α,β-unsaturated/α-hetero) is 1. The molecule has 0 radical (unpaired) electrons. The maximum atomic E-state index is 15.3. The summed E-state index contributed by atoms with van der Waals surface area (Å²) in [6.45, 7) is 1.33. The number of alkyl halides is 2. The number of allylic oxidation sites excluding steroid dienone is 2. The van der Waals surface area contributed by atoms with E-state index >= 15 is 8.78 Å². The summed E-state index contributed by atoms with van der Waals surface area (Å²) in [4.78, 5) is 63.9. The van der Waals surface area contributed by atoms with Crippen molar-refractivity contribution in [1.29, 1.82) is 0 Å². The second kappa shape index (κ2) is 12.3. The molecule has 17 heteroatoms. The van der Waals surface area contributed by atoms with Crippen molar-refractivity contribution < 1.29 is 60.5 Å². The monoisotopic (exact) mass is 778 g/mol. The molecule has 2 saturated heterocycles. The number of anilines is 2. The van der Waals surface area contributed by atoms with E-state index in [1.165, 1.54) is 57.6 Å². The highest BCUT2D eigenvalue weighted by Crippen LogP contribution is 2.67. The number of phenolic OH excluding ortho intramolecular Hbond substituents is 1. The predicted octanol–water partition coefficient (Wildman–Crippen LogP) is 6.08. The number of aromatic hydroxyl groups is 1. The van der Waals surface area contributed by atoms with Gasteiger partial charge in [-0.3, -0.25) is 28.9 Å². The molecule has 0 unspecified atom stereocenters. The number of hydrogen-bond donors (Lipinski definition) is 1. The third-order valence-electron chi connectivity index (χ3n) is 10.6. The first-order valence-corrected chi connectivity index (χ1v) is 16.6. The van der Waals surface area contributed by atoms with Crippen molar-refractivity contribution >= 4 is 64.0 Å². The fourth-order valence-corrected chi connectivity index (χ4v) is 9.07. The molecule has 1 saturated carbocycles. The zero-order valence-electron chi connectivity index (χ0n) is 27.6. The summed E-state index contributed by atoms with van der Waals surface area (Å²) in [6, 6.07) is 8.02. The summed E-state index contributed by atoms with van der Waals surface area (Å²) in [5, 5.41) is 11.4. The zero-order chi connectivity index (χ0) is 38.6. The van der Waals surface area contributed by atoms with Gasteiger partial charge in [-0.25, -0.2) is 26.9 Å². The van der Waals surface area contributed by atoms with Crippen LogP contribution in [0, 0.1) is 46.8 Å². The number of halogens is 7. The smallest absolute Gasteiger partial charge is 0.258 e. The summed E-state index contributed by atoms with van der Waals surface area (Å²) >= 11 is 14.3. The summed E-state index contributed by atoms with van der Waals surface area (Å²) in [6.07, 6.45) is 0.602. The van der Waals surface area contributed by atoms with Crippen LogP contribution >= 0.6 is 23.2 Å². The quantitative estimate of drug-likeness (QED) is 0.0607. The highest BCUT2D eigenvalue weighted by atomic mass is 35.5. The molecule has 1 N–H and O–H groups in total. The number of phenols is 1. The second-order valence-corrected chi connectivity index (χ2v) is 14.3. The van der Waals surface area contributed by atoms with Crippen LogP contribution in [0.3, 0.4) is 0 Å². The molecule has 276 valence electrons. The first-order valence-electron chi connectivity index (χ1n) is 15.9. The van der Waals surface area contributed by atoms with Crippen LogP contribution in [0.25, 0.3) is 0 Å². The first-order chi connectivity index (χ1) is 25.0. The summed E-state index contributed by atoms with van der Waals surface area (Å²) in [5.41, 5.74) is -1.69. The van der Waals surface area contributed by atoms with E-state index in [1.54, 1.807) is 0 Å². The average molecular weight is 779 g/mol. The lowest BCUT2D eigenvalue weighted by Crippen LogP contribution is -2.60. The average Bonchev–Trinajstić information content (AvgIpc) is 3.47. The SMILES string of the molecule is COc1cc(O)c([C@H]2C3=CC[C@@H]4C(=O)N(c5ccc(C(C)=O)cc5)C(=O)[C@@H]4[C@@H]3C[C@@]3(Cl)C(=O)N(c4c(F)c(F)c(F)c(F)c4F)C(=O)[C@@]23Cl)c(OC)c1. The normalized spacial score (nSPS) is 27.8. The van der Waals surface area contributed by atoms with Crippen LogP contribution in [-0.4, -0.2) is 58.5 Å². The van der Waals surface area contributed by atoms with Crippen molar-refractivity contribution in [2.75, 3.05) is 24.0 Å². The molecular weight excluding hydrogens is 754 g/mol. The molecule has 6 atom stereocenters. The number of fused-ring (bicyclic) bond motifs is 4. The fourth-order valence-electron chi connectivity index (χ4n) is 8.15.